The van der Waals surface area contributed by atoms with E-state index in [0.717, 1.165) is 19.4 Å². The van der Waals surface area contributed by atoms with Gasteiger partial charge < -0.3 is 10.5 Å². The molecule has 0 amide bonds. The number of alkyl halides is 2. The third-order valence-electron chi connectivity index (χ3n) is 3.90. The molecule has 2 atom stereocenters. The van der Waals surface area contributed by atoms with E-state index in [1.165, 1.54) is 19.3 Å². The summed E-state index contributed by atoms with van der Waals surface area (Å²) in [5.41, 5.74) is 6.02. The van der Waals surface area contributed by atoms with E-state index in [1.54, 1.807) is 0 Å². The van der Waals surface area contributed by atoms with Crippen LogP contribution in [0, 0.1) is 0 Å². The third-order valence-corrected chi connectivity index (χ3v) is 3.90. The molecule has 0 radical (unpaired) electrons. The molecule has 0 saturated carbocycles. The van der Waals surface area contributed by atoms with Gasteiger partial charge in [0.2, 0.25) is 0 Å². The zero-order valence-electron chi connectivity index (χ0n) is 10.2. The Balaban J connectivity index is 1.75. The Labute approximate surface area is 101 Å². The van der Waals surface area contributed by atoms with Crippen molar-refractivity contribution in [2.75, 3.05) is 19.8 Å². The molecule has 5 heteroatoms. The number of halogens is 2. The van der Waals surface area contributed by atoms with Crippen LogP contribution in [0.2, 0.25) is 0 Å². The van der Waals surface area contributed by atoms with E-state index in [0.29, 0.717) is 24.7 Å². The summed E-state index contributed by atoms with van der Waals surface area (Å²) < 4.78 is 28.8. The molecule has 2 aliphatic rings. The summed E-state index contributed by atoms with van der Waals surface area (Å²) in [5, 5.41) is 0. The highest BCUT2D eigenvalue weighted by Gasteiger charge is 2.36. The van der Waals surface area contributed by atoms with E-state index in [2.05, 4.69) is 4.90 Å². The highest BCUT2D eigenvalue weighted by Crippen LogP contribution is 2.32. The van der Waals surface area contributed by atoms with E-state index in [9.17, 15) is 8.78 Å². The lowest BCUT2D eigenvalue weighted by Crippen LogP contribution is -2.56. The molecule has 0 aromatic heterocycles. The summed E-state index contributed by atoms with van der Waals surface area (Å²) in [6, 6.07) is 1.42. The first-order valence-electron chi connectivity index (χ1n) is 6.54. The average molecular weight is 248 g/mol. The first-order valence-corrected chi connectivity index (χ1v) is 6.54. The Kier molecular flexibility index (Phi) is 4.70. The number of nitrogens with zero attached hydrogens (tertiary/aromatic N) is 1. The standard InChI is InChI=1S/C12H22F2N2O/c13-12(14)8-17-5-4-16-10-2-1-3-11(16)7-9(15)6-10/h9-12H,1-8,15H2. The van der Waals surface area contributed by atoms with Crippen LogP contribution < -0.4 is 5.73 Å². The molecule has 0 aliphatic carbocycles. The van der Waals surface area contributed by atoms with Crippen molar-refractivity contribution in [3.05, 3.63) is 0 Å². The summed E-state index contributed by atoms with van der Waals surface area (Å²) in [6.45, 7) is 0.740. The Morgan fingerprint density at radius 2 is 1.88 bits per heavy atom. The largest absolute Gasteiger partial charge is 0.374 e. The van der Waals surface area contributed by atoms with Crippen molar-refractivity contribution in [3.8, 4) is 0 Å². The van der Waals surface area contributed by atoms with Crippen LogP contribution in [0.4, 0.5) is 8.78 Å². The quantitative estimate of drug-likeness (QED) is 0.751. The topological polar surface area (TPSA) is 38.5 Å². The van der Waals surface area contributed by atoms with Crippen LogP contribution in [-0.2, 0) is 4.74 Å². The second kappa shape index (κ2) is 6.07. The zero-order chi connectivity index (χ0) is 12.3. The van der Waals surface area contributed by atoms with Crippen LogP contribution in [0.15, 0.2) is 0 Å². The number of fused-ring (bicyclic) bond motifs is 2. The molecule has 2 rings (SSSR count). The number of rotatable bonds is 5. The number of piperidine rings is 2. The molecule has 3 nitrogen and oxygen atoms in total. The van der Waals surface area contributed by atoms with E-state index in [1.807, 2.05) is 0 Å². The van der Waals surface area contributed by atoms with Gasteiger partial charge in [0.15, 0.2) is 0 Å². The van der Waals surface area contributed by atoms with Gasteiger partial charge in [-0.05, 0) is 25.7 Å². The molecule has 2 saturated heterocycles. The summed E-state index contributed by atoms with van der Waals surface area (Å²) in [5.74, 6) is 0. The van der Waals surface area contributed by atoms with Gasteiger partial charge >= 0.3 is 0 Å². The Morgan fingerprint density at radius 1 is 1.24 bits per heavy atom. The van der Waals surface area contributed by atoms with Gasteiger partial charge in [0, 0.05) is 24.7 Å². The predicted molar refractivity (Wildman–Crippen MR) is 62.2 cm³/mol. The molecule has 2 aliphatic heterocycles. The van der Waals surface area contributed by atoms with Crippen molar-refractivity contribution in [1.29, 1.82) is 0 Å². The van der Waals surface area contributed by atoms with Gasteiger partial charge in [-0.1, -0.05) is 6.42 Å². The lowest BCUT2D eigenvalue weighted by atomic mass is 9.82. The number of nitrogens with two attached hydrogens (primary N) is 1. The minimum absolute atomic E-state index is 0.323. The number of ether oxygens (including phenoxy) is 1. The molecule has 2 N–H and O–H groups in total. The minimum atomic E-state index is -2.36. The Bertz CT molecular complexity index is 227. The molecule has 2 fully saturated rings. The maximum Gasteiger partial charge on any atom is 0.261 e. The van der Waals surface area contributed by atoms with Gasteiger partial charge in [-0.15, -0.1) is 0 Å². The average Bonchev–Trinajstić information content (AvgIpc) is 2.24. The van der Waals surface area contributed by atoms with Crippen molar-refractivity contribution < 1.29 is 13.5 Å². The van der Waals surface area contributed by atoms with Gasteiger partial charge in [0.05, 0.1) is 6.61 Å². The van der Waals surface area contributed by atoms with Crippen molar-refractivity contribution in [3.63, 3.8) is 0 Å². The number of hydrogen-bond acceptors (Lipinski definition) is 3. The van der Waals surface area contributed by atoms with Crippen LogP contribution in [0.1, 0.15) is 32.1 Å². The molecule has 0 spiro atoms. The van der Waals surface area contributed by atoms with Crippen molar-refractivity contribution in [1.82, 2.24) is 4.90 Å². The molecule has 100 valence electrons. The Morgan fingerprint density at radius 3 is 2.47 bits per heavy atom. The third kappa shape index (κ3) is 3.60. The molecule has 2 bridgehead atoms. The monoisotopic (exact) mass is 248 g/mol. The maximum absolute atomic E-state index is 11.9. The molecule has 2 heterocycles. The fourth-order valence-electron chi connectivity index (χ4n) is 3.23. The van der Waals surface area contributed by atoms with Crippen molar-refractivity contribution in [2.45, 2.75) is 56.7 Å². The van der Waals surface area contributed by atoms with E-state index in [-0.39, 0.29) is 0 Å². The van der Waals surface area contributed by atoms with Crippen molar-refractivity contribution in [2.24, 2.45) is 5.73 Å². The molecule has 0 aromatic rings. The molecule has 2 unspecified atom stereocenters. The Hall–Kier alpha value is -0.260. The second-order valence-corrected chi connectivity index (χ2v) is 5.17. The zero-order valence-corrected chi connectivity index (χ0v) is 10.2. The molecular weight excluding hydrogens is 226 g/mol. The highest BCUT2D eigenvalue weighted by molar-refractivity contribution is 4.93. The summed E-state index contributed by atoms with van der Waals surface area (Å²) >= 11 is 0. The molecule has 17 heavy (non-hydrogen) atoms. The van der Waals surface area contributed by atoms with E-state index in [4.69, 9.17) is 10.5 Å². The first kappa shape index (κ1) is 13.2. The molecular formula is C12H22F2N2O. The van der Waals surface area contributed by atoms with Crippen LogP contribution in [0.5, 0.6) is 0 Å². The fourth-order valence-corrected chi connectivity index (χ4v) is 3.23. The normalized spacial score (nSPS) is 34.2. The fraction of sp³-hybridized carbons (Fsp3) is 1.00. The second-order valence-electron chi connectivity index (χ2n) is 5.17. The lowest BCUT2D eigenvalue weighted by Gasteiger charge is -2.48. The lowest BCUT2D eigenvalue weighted by molar-refractivity contribution is -0.0214. The van der Waals surface area contributed by atoms with Gasteiger partial charge in [-0.2, -0.15) is 0 Å². The van der Waals surface area contributed by atoms with Crippen LogP contribution >= 0.6 is 0 Å². The highest BCUT2D eigenvalue weighted by atomic mass is 19.3. The summed E-state index contributed by atoms with van der Waals surface area (Å²) in [6.07, 6.45) is 3.40. The summed E-state index contributed by atoms with van der Waals surface area (Å²) in [4.78, 5) is 2.43. The smallest absolute Gasteiger partial charge is 0.261 e. The minimum Gasteiger partial charge on any atom is -0.374 e. The van der Waals surface area contributed by atoms with Crippen LogP contribution in [0.3, 0.4) is 0 Å². The summed E-state index contributed by atoms with van der Waals surface area (Å²) in [7, 11) is 0. The van der Waals surface area contributed by atoms with Gasteiger partial charge in [-0.3, -0.25) is 4.90 Å². The molecule has 0 aromatic carbocycles. The number of hydrogen-bond donors (Lipinski definition) is 1. The van der Waals surface area contributed by atoms with E-state index >= 15 is 0 Å². The van der Waals surface area contributed by atoms with E-state index < -0.39 is 13.0 Å². The van der Waals surface area contributed by atoms with Gasteiger partial charge in [0.25, 0.3) is 6.43 Å². The maximum atomic E-state index is 11.9. The van der Waals surface area contributed by atoms with Gasteiger partial charge in [0.1, 0.15) is 6.61 Å². The predicted octanol–water partition coefficient (Wildman–Crippen LogP) is 1.61. The van der Waals surface area contributed by atoms with Gasteiger partial charge in [-0.25, -0.2) is 8.78 Å². The first-order chi connectivity index (χ1) is 8.16. The van der Waals surface area contributed by atoms with Crippen molar-refractivity contribution >= 4 is 0 Å². The SMILES string of the molecule is NC1CC2CCCC(C1)N2CCOCC(F)F. The van der Waals surface area contributed by atoms with Crippen LogP contribution in [0.25, 0.3) is 0 Å². The van der Waals surface area contributed by atoms with Crippen LogP contribution in [-0.4, -0.2) is 49.2 Å².